The number of amides is 1. The van der Waals surface area contributed by atoms with Crippen LogP contribution in [0.3, 0.4) is 0 Å². The van der Waals surface area contributed by atoms with Gasteiger partial charge in [0.1, 0.15) is 0 Å². The van der Waals surface area contributed by atoms with Gasteiger partial charge in [0.25, 0.3) is 0 Å². The predicted octanol–water partition coefficient (Wildman–Crippen LogP) is 4.46. The average molecular weight is 426 g/mol. The zero-order valence-corrected chi connectivity index (χ0v) is 18.4. The lowest BCUT2D eigenvalue weighted by Crippen LogP contribution is -2.42. The van der Waals surface area contributed by atoms with Crippen LogP contribution in [0.25, 0.3) is 0 Å². The summed E-state index contributed by atoms with van der Waals surface area (Å²) in [5.74, 6) is 0.235. The van der Waals surface area contributed by atoms with E-state index in [4.69, 9.17) is 11.6 Å². The molecule has 4 nitrogen and oxygen atoms in total. The Balaban J connectivity index is 1.24. The van der Waals surface area contributed by atoms with E-state index in [9.17, 15) is 4.79 Å². The van der Waals surface area contributed by atoms with Gasteiger partial charge in [0.05, 0.1) is 5.92 Å². The van der Waals surface area contributed by atoms with E-state index in [1.165, 1.54) is 42.6 Å². The number of piperidine rings is 1. The van der Waals surface area contributed by atoms with E-state index in [1.807, 2.05) is 18.2 Å². The summed E-state index contributed by atoms with van der Waals surface area (Å²) < 4.78 is 0. The Hall–Kier alpha value is -1.88. The zero-order valence-electron chi connectivity index (χ0n) is 17.7. The van der Waals surface area contributed by atoms with Crippen LogP contribution in [0.2, 0.25) is 5.02 Å². The number of hydrogen-bond acceptors (Lipinski definition) is 3. The Labute approximate surface area is 185 Å². The van der Waals surface area contributed by atoms with Crippen LogP contribution in [0.5, 0.6) is 0 Å². The lowest BCUT2D eigenvalue weighted by Gasteiger charge is -2.32. The maximum atomic E-state index is 12.8. The fraction of sp³-hybridized carbons (Fsp3) is 0.480. The van der Waals surface area contributed by atoms with Gasteiger partial charge in [0, 0.05) is 31.2 Å². The molecule has 1 atom stereocenters. The smallest absolute Gasteiger partial charge is 0.224 e. The van der Waals surface area contributed by atoms with Crippen molar-refractivity contribution in [2.24, 2.45) is 5.92 Å². The number of halogens is 1. The standard InChI is InChI=1S/C25H32ClN3O/c26-24-7-3-5-22(15-24)18-29-14-4-6-23(19-29)25(30)27-16-20-8-10-21(11-9-20)17-28-12-1-2-13-28/h3,5,7-11,15,23H,1-2,4,6,12-14,16-19H2,(H,27,30). The van der Waals surface area contributed by atoms with Gasteiger partial charge in [-0.2, -0.15) is 0 Å². The molecule has 4 rings (SSSR count). The summed E-state index contributed by atoms with van der Waals surface area (Å²) in [6.07, 6.45) is 4.67. The van der Waals surface area contributed by atoms with Crippen molar-refractivity contribution in [2.45, 2.75) is 45.3 Å². The highest BCUT2D eigenvalue weighted by Gasteiger charge is 2.25. The minimum atomic E-state index is 0.0624. The van der Waals surface area contributed by atoms with Gasteiger partial charge >= 0.3 is 0 Å². The van der Waals surface area contributed by atoms with E-state index >= 15 is 0 Å². The summed E-state index contributed by atoms with van der Waals surface area (Å²) in [5, 5.41) is 3.93. The molecule has 5 heteroatoms. The number of rotatable bonds is 7. The van der Waals surface area contributed by atoms with Gasteiger partial charge in [-0.05, 0) is 74.1 Å². The normalized spacial score (nSPS) is 20.4. The van der Waals surface area contributed by atoms with Crippen LogP contribution < -0.4 is 5.32 Å². The van der Waals surface area contributed by atoms with Crippen LogP contribution in [0, 0.1) is 5.92 Å². The van der Waals surface area contributed by atoms with Crippen molar-refractivity contribution in [1.82, 2.24) is 15.1 Å². The topological polar surface area (TPSA) is 35.6 Å². The van der Waals surface area contributed by atoms with Gasteiger partial charge in [0.2, 0.25) is 5.91 Å². The number of nitrogens with one attached hydrogen (secondary N) is 1. The van der Waals surface area contributed by atoms with Crippen LogP contribution >= 0.6 is 11.6 Å². The summed E-state index contributed by atoms with van der Waals surface area (Å²) in [4.78, 5) is 17.6. The molecule has 0 saturated carbocycles. The first kappa shape index (κ1) is 21.4. The second kappa shape index (κ2) is 10.4. The quantitative estimate of drug-likeness (QED) is 0.711. The lowest BCUT2D eigenvalue weighted by molar-refractivity contribution is -0.126. The summed E-state index contributed by atoms with van der Waals surface area (Å²) in [7, 11) is 0. The minimum Gasteiger partial charge on any atom is -0.352 e. The van der Waals surface area contributed by atoms with E-state index in [1.54, 1.807) is 0 Å². The first-order valence-corrected chi connectivity index (χ1v) is 11.6. The van der Waals surface area contributed by atoms with Crippen LogP contribution in [0.1, 0.15) is 42.4 Å². The highest BCUT2D eigenvalue weighted by Crippen LogP contribution is 2.20. The van der Waals surface area contributed by atoms with Crippen LogP contribution in [0.4, 0.5) is 0 Å². The van der Waals surface area contributed by atoms with Crippen molar-refractivity contribution in [3.8, 4) is 0 Å². The summed E-state index contributed by atoms with van der Waals surface area (Å²) in [6, 6.07) is 16.7. The van der Waals surface area contributed by atoms with E-state index in [-0.39, 0.29) is 11.8 Å². The molecule has 2 aromatic carbocycles. The molecule has 2 saturated heterocycles. The number of hydrogen-bond donors (Lipinski definition) is 1. The van der Waals surface area contributed by atoms with E-state index in [0.717, 1.165) is 44.0 Å². The zero-order chi connectivity index (χ0) is 20.8. The van der Waals surface area contributed by atoms with Crippen molar-refractivity contribution < 1.29 is 4.79 Å². The Bertz CT molecular complexity index is 833. The van der Waals surface area contributed by atoms with E-state index in [2.05, 4.69) is 45.4 Å². The summed E-state index contributed by atoms with van der Waals surface area (Å²) >= 11 is 6.11. The molecule has 2 heterocycles. The lowest BCUT2D eigenvalue weighted by atomic mass is 9.96. The van der Waals surface area contributed by atoms with Crippen molar-refractivity contribution in [1.29, 1.82) is 0 Å². The molecule has 30 heavy (non-hydrogen) atoms. The Kier molecular flexibility index (Phi) is 7.42. The molecule has 0 spiro atoms. The van der Waals surface area contributed by atoms with Crippen LogP contribution in [-0.2, 0) is 24.4 Å². The summed E-state index contributed by atoms with van der Waals surface area (Å²) in [6.45, 7) is 6.77. The molecular weight excluding hydrogens is 394 g/mol. The molecule has 1 unspecified atom stereocenters. The number of carbonyl (C=O) groups is 1. The maximum absolute atomic E-state index is 12.8. The van der Waals surface area contributed by atoms with Gasteiger partial charge in [-0.25, -0.2) is 0 Å². The van der Waals surface area contributed by atoms with Crippen molar-refractivity contribution in [3.63, 3.8) is 0 Å². The van der Waals surface area contributed by atoms with Gasteiger partial charge in [0.15, 0.2) is 0 Å². The predicted molar refractivity (Wildman–Crippen MR) is 122 cm³/mol. The highest BCUT2D eigenvalue weighted by atomic mass is 35.5. The largest absolute Gasteiger partial charge is 0.352 e. The highest BCUT2D eigenvalue weighted by molar-refractivity contribution is 6.30. The SMILES string of the molecule is O=C(NCc1ccc(CN2CCCC2)cc1)C1CCCN(Cc2cccc(Cl)c2)C1. The Morgan fingerprint density at radius 1 is 0.900 bits per heavy atom. The third kappa shape index (κ3) is 6.07. The molecule has 2 fully saturated rings. The van der Waals surface area contributed by atoms with Crippen molar-refractivity contribution in [3.05, 3.63) is 70.2 Å². The molecule has 1 amide bonds. The molecule has 2 aliphatic heterocycles. The van der Waals surface area contributed by atoms with E-state index in [0.29, 0.717) is 6.54 Å². The number of likely N-dealkylation sites (tertiary alicyclic amines) is 2. The molecule has 0 aromatic heterocycles. The number of nitrogens with zero attached hydrogens (tertiary/aromatic N) is 2. The van der Waals surface area contributed by atoms with Gasteiger partial charge < -0.3 is 5.32 Å². The first-order chi connectivity index (χ1) is 14.7. The van der Waals surface area contributed by atoms with Gasteiger partial charge in [-0.1, -0.05) is 48.0 Å². The second-order valence-electron chi connectivity index (χ2n) is 8.72. The molecule has 1 N–H and O–H groups in total. The number of carbonyl (C=O) groups excluding carboxylic acids is 1. The Morgan fingerprint density at radius 2 is 1.60 bits per heavy atom. The first-order valence-electron chi connectivity index (χ1n) is 11.2. The fourth-order valence-electron chi connectivity index (χ4n) is 4.60. The minimum absolute atomic E-state index is 0.0624. The number of benzene rings is 2. The second-order valence-corrected chi connectivity index (χ2v) is 9.16. The monoisotopic (exact) mass is 425 g/mol. The van der Waals surface area contributed by atoms with Gasteiger partial charge in [-0.3, -0.25) is 14.6 Å². The molecule has 0 aliphatic carbocycles. The third-order valence-electron chi connectivity index (χ3n) is 6.27. The van der Waals surface area contributed by atoms with E-state index < -0.39 is 0 Å². The van der Waals surface area contributed by atoms with Gasteiger partial charge in [-0.15, -0.1) is 0 Å². The molecular formula is C25H32ClN3O. The molecule has 160 valence electrons. The molecule has 0 radical (unpaired) electrons. The third-order valence-corrected chi connectivity index (χ3v) is 6.50. The molecule has 0 bridgehead atoms. The fourth-order valence-corrected chi connectivity index (χ4v) is 4.81. The Morgan fingerprint density at radius 3 is 2.37 bits per heavy atom. The van der Waals surface area contributed by atoms with Crippen molar-refractivity contribution in [2.75, 3.05) is 26.2 Å². The molecule has 2 aliphatic rings. The average Bonchev–Trinajstić information content (AvgIpc) is 3.26. The molecule has 2 aromatic rings. The van der Waals surface area contributed by atoms with Crippen molar-refractivity contribution >= 4 is 17.5 Å². The summed E-state index contributed by atoms with van der Waals surface area (Å²) in [5.41, 5.74) is 3.73. The maximum Gasteiger partial charge on any atom is 0.224 e. The van der Waals surface area contributed by atoms with Crippen LogP contribution in [-0.4, -0.2) is 41.9 Å². The van der Waals surface area contributed by atoms with Crippen LogP contribution in [0.15, 0.2) is 48.5 Å².